The van der Waals surface area contributed by atoms with Gasteiger partial charge < -0.3 is 28.6 Å². The van der Waals surface area contributed by atoms with E-state index in [1.807, 2.05) is 87.5 Å². The number of esters is 1. The van der Waals surface area contributed by atoms with Crippen molar-refractivity contribution in [1.29, 1.82) is 0 Å². The number of methoxy groups -OCH3 is 1. The van der Waals surface area contributed by atoms with Gasteiger partial charge in [0, 0.05) is 30.4 Å². The summed E-state index contributed by atoms with van der Waals surface area (Å²) in [5.41, 5.74) is 3.98. The summed E-state index contributed by atoms with van der Waals surface area (Å²) in [4.78, 5) is 21.8. The Morgan fingerprint density at radius 1 is 1.00 bits per heavy atom. The first kappa shape index (κ1) is 29.8. The number of rotatable bonds is 8. The zero-order chi connectivity index (χ0) is 30.7. The maximum atomic E-state index is 12.7. The number of pyridine rings is 1. The zero-order valence-electron chi connectivity index (χ0n) is 25.4. The number of benzene rings is 3. The summed E-state index contributed by atoms with van der Waals surface area (Å²) in [5.74, 6) is 2.50. The lowest BCUT2D eigenvalue weighted by atomic mass is 10.1. The molecule has 0 amide bonds. The Kier molecular flexibility index (Phi) is 8.68. The molecule has 0 saturated carbocycles. The third-order valence-electron chi connectivity index (χ3n) is 7.20. The van der Waals surface area contributed by atoms with Crippen LogP contribution in [0.4, 0.5) is 5.69 Å². The molecule has 3 heterocycles. The summed E-state index contributed by atoms with van der Waals surface area (Å²) in [6.07, 6.45) is 0.171. The zero-order valence-corrected chi connectivity index (χ0v) is 26.2. The summed E-state index contributed by atoms with van der Waals surface area (Å²) in [6.45, 7) is 8.90. The second-order valence-electron chi connectivity index (χ2n) is 11.6. The summed E-state index contributed by atoms with van der Waals surface area (Å²) in [5, 5.41) is 0. The largest absolute Gasteiger partial charge is 0.497 e. The van der Waals surface area contributed by atoms with Crippen molar-refractivity contribution in [3.8, 4) is 34.4 Å². The van der Waals surface area contributed by atoms with Crippen LogP contribution in [0.15, 0.2) is 82.6 Å². The summed E-state index contributed by atoms with van der Waals surface area (Å²) in [6, 6.07) is 23.7. The van der Waals surface area contributed by atoms with Gasteiger partial charge in [-0.1, -0.05) is 42.1 Å². The Labute approximate surface area is 262 Å². The highest BCUT2D eigenvalue weighted by molar-refractivity contribution is 7.99. The molecule has 0 unspecified atom stereocenters. The summed E-state index contributed by atoms with van der Waals surface area (Å²) in [7, 11) is 1.65. The number of aromatic nitrogens is 1. The second kappa shape index (κ2) is 12.8. The van der Waals surface area contributed by atoms with Crippen LogP contribution in [0.5, 0.6) is 23.1 Å². The molecule has 3 aromatic carbocycles. The minimum Gasteiger partial charge on any atom is -0.497 e. The van der Waals surface area contributed by atoms with Crippen LogP contribution in [0.1, 0.15) is 31.9 Å². The first-order valence-corrected chi connectivity index (χ1v) is 15.5. The molecular weight excluding hydrogens is 576 g/mol. The van der Waals surface area contributed by atoms with Gasteiger partial charge in [-0.05, 0) is 68.3 Å². The van der Waals surface area contributed by atoms with Crippen LogP contribution in [-0.2, 0) is 27.3 Å². The molecule has 44 heavy (non-hydrogen) atoms. The number of hydrogen-bond acceptors (Lipinski definition) is 9. The van der Waals surface area contributed by atoms with Gasteiger partial charge in [-0.2, -0.15) is 0 Å². The van der Waals surface area contributed by atoms with Gasteiger partial charge in [0.2, 0.25) is 5.88 Å². The maximum absolute atomic E-state index is 12.7. The van der Waals surface area contributed by atoms with Crippen LogP contribution in [0.2, 0.25) is 0 Å². The molecule has 2 aliphatic heterocycles. The van der Waals surface area contributed by atoms with Crippen LogP contribution < -0.4 is 19.1 Å². The van der Waals surface area contributed by atoms with Gasteiger partial charge in [0.05, 0.1) is 42.2 Å². The summed E-state index contributed by atoms with van der Waals surface area (Å²) >= 11 is 1.60. The average molecular weight is 613 g/mol. The van der Waals surface area contributed by atoms with Gasteiger partial charge in [-0.25, -0.2) is 4.98 Å². The van der Waals surface area contributed by atoms with Crippen molar-refractivity contribution in [2.24, 2.45) is 0 Å². The van der Waals surface area contributed by atoms with E-state index in [9.17, 15) is 4.79 Å². The standard InChI is InChI=1S/C35H36N2O6S/c1-35(2,3)43-32(38)19-24-7-5-9-29-34(24)44-30-10-6-8-27(33(30)42-29)28-20-25(37-15-17-40-18-16-37)21-31(36-28)41-22-23-11-13-26(39-4)14-12-23/h5-14,20-21H,15-19,22H2,1-4H3. The Balaban J connectivity index is 1.31. The lowest BCUT2D eigenvalue weighted by Gasteiger charge is -2.29. The molecule has 0 atom stereocenters. The smallest absolute Gasteiger partial charge is 0.310 e. The first-order chi connectivity index (χ1) is 21.3. The van der Waals surface area contributed by atoms with Crippen LogP contribution in [0.25, 0.3) is 11.3 Å². The number of carbonyl (C=O) groups excluding carboxylic acids is 1. The van der Waals surface area contributed by atoms with Crippen LogP contribution in [0.3, 0.4) is 0 Å². The number of carbonyl (C=O) groups is 1. The quantitative estimate of drug-likeness (QED) is 0.168. The van der Waals surface area contributed by atoms with Gasteiger partial charge in [-0.3, -0.25) is 4.79 Å². The monoisotopic (exact) mass is 612 g/mol. The lowest BCUT2D eigenvalue weighted by molar-refractivity contribution is -0.153. The minimum absolute atomic E-state index is 0.171. The van der Waals surface area contributed by atoms with Gasteiger partial charge >= 0.3 is 5.97 Å². The van der Waals surface area contributed by atoms with Gasteiger partial charge in [0.1, 0.15) is 23.7 Å². The van der Waals surface area contributed by atoms with E-state index in [2.05, 4.69) is 11.0 Å². The minimum atomic E-state index is -0.545. The molecular formula is C35H36N2O6S. The molecule has 1 saturated heterocycles. The molecule has 2 aliphatic rings. The van der Waals surface area contributed by atoms with Gasteiger partial charge in [-0.15, -0.1) is 0 Å². The molecule has 0 spiro atoms. The molecule has 4 aromatic rings. The number of morpholine rings is 1. The number of hydrogen-bond donors (Lipinski definition) is 0. The second-order valence-corrected chi connectivity index (χ2v) is 12.7. The lowest BCUT2D eigenvalue weighted by Crippen LogP contribution is -2.36. The predicted octanol–water partition coefficient (Wildman–Crippen LogP) is 7.31. The first-order valence-electron chi connectivity index (χ1n) is 14.7. The Hall–Kier alpha value is -4.21. The third-order valence-corrected chi connectivity index (χ3v) is 8.41. The van der Waals surface area contributed by atoms with Crippen molar-refractivity contribution in [3.63, 3.8) is 0 Å². The molecule has 0 aliphatic carbocycles. The van der Waals surface area contributed by atoms with Crippen LogP contribution >= 0.6 is 11.8 Å². The molecule has 0 radical (unpaired) electrons. The van der Waals surface area contributed by atoms with E-state index in [1.54, 1.807) is 18.9 Å². The Bertz CT molecular complexity index is 1640. The van der Waals surface area contributed by atoms with E-state index in [0.717, 1.165) is 62.5 Å². The summed E-state index contributed by atoms with van der Waals surface area (Å²) < 4.78 is 29.3. The fourth-order valence-electron chi connectivity index (χ4n) is 5.14. The number of fused-ring (bicyclic) bond motifs is 2. The molecule has 0 bridgehead atoms. The number of para-hydroxylation sites is 1. The number of anilines is 1. The van der Waals surface area contributed by atoms with E-state index >= 15 is 0 Å². The Morgan fingerprint density at radius 3 is 2.52 bits per heavy atom. The predicted molar refractivity (Wildman–Crippen MR) is 170 cm³/mol. The molecule has 228 valence electrons. The number of ether oxygens (including phenoxy) is 5. The van der Waals surface area contributed by atoms with E-state index in [0.29, 0.717) is 31.5 Å². The fraction of sp³-hybridized carbons (Fsp3) is 0.314. The van der Waals surface area contributed by atoms with Crippen molar-refractivity contribution < 1.29 is 28.5 Å². The van der Waals surface area contributed by atoms with E-state index < -0.39 is 5.60 Å². The fourth-order valence-corrected chi connectivity index (χ4v) is 6.23. The van der Waals surface area contributed by atoms with Crippen molar-refractivity contribution >= 4 is 23.4 Å². The van der Waals surface area contributed by atoms with Gasteiger partial charge in [0.15, 0.2) is 5.75 Å². The van der Waals surface area contributed by atoms with E-state index in [1.165, 1.54) is 0 Å². The highest BCUT2D eigenvalue weighted by Gasteiger charge is 2.27. The molecule has 8 nitrogen and oxygen atoms in total. The van der Waals surface area contributed by atoms with Crippen molar-refractivity contribution in [3.05, 3.63) is 83.9 Å². The van der Waals surface area contributed by atoms with Crippen molar-refractivity contribution in [2.45, 2.75) is 49.2 Å². The molecule has 6 rings (SSSR count). The van der Waals surface area contributed by atoms with Crippen molar-refractivity contribution in [2.75, 3.05) is 38.3 Å². The average Bonchev–Trinajstić information content (AvgIpc) is 3.02. The highest BCUT2D eigenvalue weighted by Crippen LogP contribution is 2.52. The SMILES string of the molecule is COc1ccc(COc2cc(N3CCOCC3)cc(-c3cccc4c3Oc3cccc(CC(=O)OC(C)(C)C)c3S4)n2)cc1. The molecule has 9 heteroatoms. The highest BCUT2D eigenvalue weighted by atomic mass is 32.2. The molecule has 0 N–H and O–H groups in total. The molecule has 1 fully saturated rings. The molecule has 1 aromatic heterocycles. The van der Waals surface area contributed by atoms with Gasteiger partial charge in [0.25, 0.3) is 0 Å². The van der Waals surface area contributed by atoms with Crippen molar-refractivity contribution in [1.82, 2.24) is 4.98 Å². The number of nitrogens with zero attached hydrogens (tertiary/aromatic N) is 2. The Morgan fingerprint density at radius 2 is 1.77 bits per heavy atom. The topological polar surface area (TPSA) is 79.4 Å². The van der Waals surface area contributed by atoms with E-state index in [-0.39, 0.29) is 12.4 Å². The van der Waals surface area contributed by atoms with Crippen LogP contribution in [0, 0.1) is 0 Å². The van der Waals surface area contributed by atoms with E-state index in [4.69, 9.17) is 28.7 Å². The maximum Gasteiger partial charge on any atom is 0.310 e. The normalized spacial score (nSPS) is 14.2. The van der Waals surface area contributed by atoms with Crippen LogP contribution in [-0.4, -0.2) is 50.0 Å². The third kappa shape index (κ3) is 6.95.